The lowest BCUT2D eigenvalue weighted by Crippen LogP contribution is -2.42. The summed E-state index contributed by atoms with van der Waals surface area (Å²) in [6.45, 7) is 5.07. The third-order valence-electron chi connectivity index (χ3n) is 4.92. The van der Waals surface area contributed by atoms with E-state index >= 15 is 0 Å². The molecular formula is C17H21N5O. The van der Waals surface area contributed by atoms with Gasteiger partial charge in [0.1, 0.15) is 17.3 Å². The number of pyridine rings is 1. The molecule has 120 valence electrons. The quantitative estimate of drug-likeness (QED) is 0.851. The van der Waals surface area contributed by atoms with Gasteiger partial charge >= 0.3 is 0 Å². The summed E-state index contributed by atoms with van der Waals surface area (Å²) in [6.07, 6.45) is 4.54. The van der Waals surface area contributed by atoms with Crippen molar-refractivity contribution in [2.75, 3.05) is 0 Å². The van der Waals surface area contributed by atoms with Gasteiger partial charge in [-0.05, 0) is 25.0 Å². The summed E-state index contributed by atoms with van der Waals surface area (Å²) in [4.78, 5) is 19.2. The first kappa shape index (κ1) is 14.4. The Morgan fingerprint density at radius 1 is 1.22 bits per heavy atom. The number of carbonyl (C=O) groups excluding carboxylic acids is 1. The Kier molecular flexibility index (Phi) is 3.39. The van der Waals surface area contributed by atoms with E-state index in [-0.39, 0.29) is 18.0 Å². The average molecular weight is 311 g/mol. The van der Waals surface area contributed by atoms with Gasteiger partial charge in [0.05, 0.1) is 6.04 Å². The van der Waals surface area contributed by atoms with E-state index in [2.05, 4.69) is 33.6 Å². The third-order valence-corrected chi connectivity index (χ3v) is 4.92. The minimum atomic E-state index is 0.0444. The van der Waals surface area contributed by atoms with Gasteiger partial charge in [0.25, 0.3) is 5.91 Å². The van der Waals surface area contributed by atoms with E-state index in [1.165, 1.54) is 0 Å². The first-order chi connectivity index (χ1) is 11.1. The molecule has 2 atom stereocenters. The van der Waals surface area contributed by atoms with Crippen molar-refractivity contribution in [1.29, 1.82) is 0 Å². The Labute approximate surface area is 135 Å². The summed E-state index contributed by atoms with van der Waals surface area (Å²) >= 11 is 0. The number of hydrogen-bond acceptors (Lipinski definition) is 4. The standard InChI is InChI=1S/C17H21N5O/c1-11(2)16-20-19-15-9-12-6-7-13(10-21(15)16)22(12)17(23)14-5-3-4-8-18-14/h3-5,8,11-13H,6-7,9-10H2,1-2H3/t12-,13+/m0/s1. The number of carbonyl (C=O) groups is 1. The Hall–Kier alpha value is -2.24. The predicted molar refractivity (Wildman–Crippen MR) is 85.0 cm³/mol. The van der Waals surface area contributed by atoms with Gasteiger partial charge in [-0.2, -0.15) is 0 Å². The van der Waals surface area contributed by atoms with Crippen molar-refractivity contribution >= 4 is 5.91 Å². The predicted octanol–water partition coefficient (Wildman–Crippen LogP) is 2.03. The zero-order chi connectivity index (χ0) is 16.0. The molecule has 0 aliphatic carbocycles. The Bertz CT molecular complexity index is 724. The van der Waals surface area contributed by atoms with Crippen LogP contribution in [0.3, 0.4) is 0 Å². The van der Waals surface area contributed by atoms with Crippen LogP contribution in [-0.4, -0.2) is 42.6 Å². The normalized spacial score (nSPS) is 23.0. The highest BCUT2D eigenvalue weighted by molar-refractivity contribution is 5.93. The fraction of sp³-hybridized carbons (Fsp3) is 0.529. The Balaban J connectivity index is 1.67. The van der Waals surface area contributed by atoms with Gasteiger partial charge in [0.15, 0.2) is 0 Å². The van der Waals surface area contributed by atoms with Gasteiger partial charge in [-0.3, -0.25) is 9.78 Å². The Morgan fingerprint density at radius 2 is 2.04 bits per heavy atom. The van der Waals surface area contributed by atoms with Crippen LogP contribution < -0.4 is 0 Å². The van der Waals surface area contributed by atoms with Gasteiger partial charge in [-0.25, -0.2) is 0 Å². The molecule has 4 heterocycles. The van der Waals surface area contributed by atoms with E-state index in [0.29, 0.717) is 11.6 Å². The van der Waals surface area contributed by atoms with Gasteiger partial charge in [0, 0.05) is 31.1 Å². The van der Waals surface area contributed by atoms with Crippen LogP contribution in [-0.2, 0) is 13.0 Å². The van der Waals surface area contributed by atoms with Gasteiger partial charge in [-0.15, -0.1) is 10.2 Å². The van der Waals surface area contributed by atoms with E-state index in [1.54, 1.807) is 12.3 Å². The molecule has 1 fully saturated rings. The summed E-state index contributed by atoms with van der Waals surface area (Å²) in [5.41, 5.74) is 0.533. The van der Waals surface area contributed by atoms with Crippen molar-refractivity contribution in [3.8, 4) is 0 Å². The number of aromatic nitrogens is 4. The van der Waals surface area contributed by atoms with E-state index in [0.717, 1.165) is 37.5 Å². The molecule has 2 aliphatic rings. The van der Waals surface area contributed by atoms with E-state index < -0.39 is 0 Å². The average Bonchev–Trinajstić information content (AvgIpc) is 3.07. The van der Waals surface area contributed by atoms with Gasteiger partial charge < -0.3 is 9.47 Å². The molecule has 0 spiro atoms. The molecule has 2 aromatic rings. The fourth-order valence-electron chi connectivity index (χ4n) is 3.84. The first-order valence-corrected chi connectivity index (χ1v) is 8.31. The SMILES string of the molecule is CC(C)c1nnc2n1C[C@H]1CC[C@@H](C2)N1C(=O)c1ccccn1. The van der Waals surface area contributed by atoms with Crippen LogP contribution >= 0.6 is 0 Å². The molecule has 6 nitrogen and oxygen atoms in total. The Morgan fingerprint density at radius 3 is 2.78 bits per heavy atom. The number of rotatable bonds is 2. The summed E-state index contributed by atoms with van der Waals surface area (Å²) in [5.74, 6) is 2.42. The summed E-state index contributed by atoms with van der Waals surface area (Å²) in [5, 5.41) is 8.74. The highest BCUT2D eigenvalue weighted by Crippen LogP contribution is 2.33. The van der Waals surface area contributed by atoms with Crippen molar-refractivity contribution in [3.63, 3.8) is 0 Å². The molecule has 0 radical (unpaired) electrons. The zero-order valence-electron chi connectivity index (χ0n) is 13.5. The second-order valence-electron chi connectivity index (χ2n) is 6.76. The van der Waals surface area contributed by atoms with Crippen molar-refractivity contribution in [3.05, 3.63) is 41.7 Å². The second-order valence-corrected chi connectivity index (χ2v) is 6.76. The second kappa shape index (κ2) is 5.44. The highest BCUT2D eigenvalue weighted by Gasteiger charge is 2.41. The van der Waals surface area contributed by atoms with E-state index in [4.69, 9.17) is 0 Å². The summed E-state index contributed by atoms with van der Waals surface area (Å²) < 4.78 is 2.23. The fourth-order valence-corrected chi connectivity index (χ4v) is 3.84. The summed E-state index contributed by atoms with van der Waals surface area (Å²) in [7, 11) is 0. The van der Waals surface area contributed by atoms with Gasteiger partial charge in [0.2, 0.25) is 0 Å². The number of hydrogen-bond donors (Lipinski definition) is 0. The third kappa shape index (κ3) is 2.33. The molecule has 0 aromatic carbocycles. The molecule has 0 saturated carbocycles. The van der Waals surface area contributed by atoms with Crippen LogP contribution in [0, 0.1) is 0 Å². The maximum Gasteiger partial charge on any atom is 0.273 e. The molecular weight excluding hydrogens is 290 g/mol. The van der Waals surface area contributed by atoms with Crippen LogP contribution in [0.2, 0.25) is 0 Å². The van der Waals surface area contributed by atoms with Crippen LogP contribution in [0.4, 0.5) is 0 Å². The largest absolute Gasteiger partial charge is 0.329 e. The lowest BCUT2D eigenvalue weighted by atomic mass is 10.1. The molecule has 23 heavy (non-hydrogen) atoms. The number of amides is 1. The monoisotopic (exact) mass is 311 g/mol. The number of nitrogens with zero attached hydrogens (tertiary/aromatic N) is 5. The van der Waals surface area contributed by atoms with Crippen LogP contribution in [0.1, 0.15) is 54.7 Å². The van der Waals surface area contributed by atoms with E-state index in [9.17, 15) is 4.79 Å². The molecule has 2 bridgehead atoms. The number of fused-ring (bicyclic) bond motifs is 3. The highest BCUT2D eigenvalue weighted by atomic mass is 16.2. The van der Waals surface area contributed by atoms with Crippen molar-refractivity contribution in [1.82, 2.24) is 24.6 Å². The van der Waals surface area contributed by atoms with Crippen molar-refractivity contribution < 1.29 is 4.79 Å². The van der Waals surface area contributed by atoms with Crippen molar-refractivity contribution in [2.24, 2.45) is 0 Å². The van der Waals surface area contributed by atoms with E-state index in [1.807, 2.05) is 17.0 Å². The zero-order valence-corrected chi connectivity index (χ0v) is 13.5. The molecule has 2 aromatic heterocycles. The van der Waals surface area contributed by atoms with Gasteiger partial charge in [-0.1, -0.05) is 19.9 Å². The molecule has 2 aliphatic heterocycles. The summed E-state index contributed by atoms with van der Waals surface area (Å²) in [6, 6.07) is 5.92. The van der Waals surface area contributed by atoms with Crippen LogP contribution in [0.5, 0.6) is 0 Å². The molecule has 6 heteroatoms. The topological polar surface area (TPSA) is 63.9 Å². The molecule has 0 unspecified atom stereocenters. The first-order valence-electron chi connectivity index (χ1n) is 8.31. The molecule has 1 saturated heterocycles. The maximum absolute atomic E-state index is 12.9. The molecule has 4 rings (SSSR count). The lowest BCUT2D eigenvalue weighted by Gasteiger charge is -2.27. The van der Waals surface area contributed by atoms with Crippen LogP contribution in [0.25, 0.3) is 0 Å². The van der Waals surface area contributed by atoms with Crippen molar-refractivity contribution in [2.45, 2.75) is 57.7 Å². The smallest absolute Gasteiger partial charge is 0.273 e. The minimum Gasteiger partial charge on any atom is -0.329 e. The molecule has 0 N–H and O–H groups in total. The minimum absolute atomic E-state index is 0.0444. The van der Waals surface area contributed by atoms with Crippen LogP contribution in [0.15, 0.2) is 24.4 Å². The molecule has 1 amide bonds. The lowest BCUT2D eigenvalue weighted by molar-refractivity contribution is 0.0659. The maximum atomic E-state index is 12.9.